The van der Waals surface area contributed by atoms with Gasteiger partial charge < -0.3 is 10.1 Å². The first-order valence-corrected chi connectivity index (χ1v) is 10.6. The number of ether oxygens (including phenoxy) is 1. The number of nitrogens with zero attached hydrogens (tertiary/aromatic N) is 1. The van der Waals surface area contributed by atoms with E-state index in [2.05, 4.69) is 10.2 Å². The van der Waals surface area contributed by atoms with Crippen LogP contribution >= 0.6 is 0 Å². The van der Waals surface area contributed by atoms with Crippen LogP contribution < -0.4 is 10.1 Å². The molecule has 0 unspecified atom stereocenters. The topological polar surface area (TPSA) is 41.6 Å². The molecule has 1 saturated carbocycles. The number of rotatable bonds is 7. The monoisotopic (exact) mass is 414 g/mol. The summed E-state index contributed by atoms with van der Waals surface area (Å²) in [4.78, 5) is 14.8. The van der Waals surface area contributed by atoms with E-state index in [-0.39, 0.29) is 17.2 Å². The maximum Gasteiger partial charge on any atom is 0.223 e. The zero-order valence-corrected chi connectivity index (χ0v) is 17.3. The van der Waals surface area contributed by atoms with Gasteiger partial charge in [-0.1, -0.05) is 30.3 Å². The van der Waals surface area contributed by atoms with Crippen LogP contribution in [0.2, 0.25) is 0 Å². The SMILES string of the molecule is COc1ccccc1CCNC(=O)[C@@H]1CC12CCN(Cc1cccc(F)c1F)CC2. The van der Waals surface area contributed by atoms with Crippen molar-refractivity contribution in [3.8, 4) is 5.75 Å². The Bertz CT molecular complexity index is 910. The van der Waals surface area contributed by atoms with Crippen molar-refractivity contribution in [3.05, 3.63) is 65.2 Å². The molecule has 1 amide bonds. The van der Waals surface area contributed by atoms with Gasteiger partial charge in [0.2, 0.25) is 5.91 Å². The van der Waals surface area contributed by atoms with Gasteiger partial charge in [0.05, 0.1) is 7.11 Å². The van der Waals surface area contributed by atoms with Gasteiger partial charge in [0, 0.05) is 24.6 Å². The van der Waals surface area contributed by atoms with E-state index in [1.165, 1.54) is 0 Å². The second-order valence-electron chi connectivity index (χ2n) is 8.46. The van der Waals surface area contributed by atoms with Crippen LogP contribution in [0.25, 0.3) is 0 Å². The molecule has 1 atom stereocenters. The van der Waals surface area contributed by atoms with E-state index in [0.29, 0.717) is 18.7 Å². The Morgan fingerprint density at radius 1 is 1.13 bits per heavy atom. The van der Waals surface area contributed by atoms with Gasteiger partial charge >= 0.3 is 0 Å². The van der Waals surface area contributed by atoms with Crippen molar-refractivity contribution in [2.24, 2.45) is 11.3 Å². The minimum Gasteiger partial charge on any atom is -0.496 e. The number of methoxy groups -OCH3 is 1. The van der Waals surface area contributed by atoms with E-state index >= 15 is 0 Å². The molecule has 1 N–H and O–H groups in total. The quantitative estimate of drug-likeness (QED) is 0.746. The van der Waals surface area contributed by atoms with E-state index in [1.807, 2.05) is 24.3 Å². The number of halogens is 2. The van der Waals surface area contributed by atoms with Crippen molar-refractivity contribution in [2.75, 3.05) is 26.7 Å². The molecule has 0 bridgehead atoms. The number of piperidine rings is 1. The molecule has 4 rings (SSSR count). The maximum atomic E-state index is 13.9. The molecule has 1 saturated heterocycles. The van der Waals surface area contributed by atoms with Gasteiger partial charge in [0.15, 0.2) is 11.6 Å². The standard InChI is InChI=1S/C24H28F2N2O2/c1-30-21-8-3-2-5-17(21)9-12-27-23(29)19-15-24(19)10-13-28(14-11-24)16-18-6-4-7-20(25)22(18)26/h2-8,19H,9-16H2,1H3,(H,27,29)/t19-/m0/s1. The largest absolute Gasteiger partial charge is 0.496 e. The molecule has 2 fully saturated rings. The number of benzene rings is 2. The van der Waals surface area contributed by atoms with Gasteiger partial charge in [0.25, 0.3) is 0 Å². The van der Waals surface area contributed by atoms with E-state index in [9.17, 15) is 13.6 Å². The first-order chi connectivity index (χ1) is 14.5. The average Bonchev–Trinajstić information content (AvgIpc) is 3.47. The molecule has 1 aliphatic carbocycles. The minimum absolute atomic E-state index is 0.0724. The summed E-state index contributed by atoms with van der Waals surface area (Å²) in [6.45, 7) is 2.62. The molecule has 1 aliphatic heterocycles. The number of carbonyl (C=O) groups is 1. The van der Waals surface area contributed by atoms with Gasteiger partial charge in [-0.05, 0) is 61.9 Å². The van der Waals surface area contributed by atoms with E-state index in [0.717, 1.165) is 56.2 Å². The molecule has 160 valence electrons. The zero-order valence-electron chi connectivity index (χ0n) is 17.3. The summed E-state index contributed by atoms with van der Waals surface area (Å²) >= 11 is 0. The summed E-state index contributed by atoms with van der Waals surface area (Å²) in [6, 6.07) is 12.2. The highest BCUT2D eigenvalue weighted by molar-refractivity contribution is 5.82. The summed E-state index contributed by atoms with van der Waals surface area (Å²) < 4.78 is 32.7. The van der Waals surface area contributed by atoms with Crippen LogP contribution in [0.5, 0.6) is 5.75 Å². The fourth-order valence-electron chi connectivity index (χ4n) is 4.69. The van der Waals surface area contributed by atoms with Gasteiger partial charge in [0.1, 0.15) is 5.75 Å². The maximum absolute atomic E-state index is 13.9. The molecule has 30 heavy (non-hydrogen) atoms. The number of para-hydroxylation sites is 1. The molecule has 0 aromatic heterocycles. The number of carbonyl (C=O) groups excluding carboxylic acids is 1. The second kappa shape index (κ2) is 8.72. The van der Waals surface area contributed by atoms with Crippen LogP contribution in [0.15, 0.2) is 42.5 Å². The molecular weight excluding hydrogens is 386 g/mol. The molecule has 0 radical (unpaired) electrons. The molecular formula is C24H28F2N2O2. The van der Waals surface area contributed by atoms with Crippen molar-refractivity contribution < 1.29 is 18.3 Å². The van der Waals surface area contributed by atoms with Crippen molar-refractivity contribution in [1.82, 2.24) is 10.2 Å². The molecule has 2 aliphatic rings. The zero-order chi connectivity index (χ0) is 21.1. The normalized spacial score (nSPS) is 20.2. The smallest absolute Gasteiger partial charge is 0.223 e. The lowest BCUT2D eigenvalue weighted by atomic mass is 9.90. The lowest BCUT2D eigenvalue weighted by molar-refractivity contribution is -0.123. The van der Waals surface area contributed by atoms with Crippen LogP contribution in [-0.2, 0) is 17.8 Å². The summed E-state index contributed by atoms with van der Waals surface area (Å²) in [7, 11) is 1.65. The number of hydrogen-bond acceptors (Lipinski definition) is 3. The number of likely N-dealkylation sites (tertiary alicyclic amines) is 1. The molecule has 6 heteroatoms. The Labute approximate surface area is 176 Å². The Morgan fingerprint density at radius 2 is 1.87 bits per heavy atom. The molecule has 1 spiro atoms. The number of hydrogen-bond donors (Lipinski definition) is 1. The highest BCUT2D eigenvalue weighted by Gasteiger charge is 2.58. The van der Waals surface area contributed by atoms with Crippen molar-refractivity contribution in [1.29, 1.82) is 0 Å². The lowest BCUT2D eigenvalue weighted by Crippen LogP contribution is -2.37. The fraction of sp³-hybridized carbons (Fsp3) is 0.458. The fourth-order valence-corrected chi connectivity index (χ4v) is 4.69. The van der Waals surface area contributed by atoms with Crippen LogP contribution in [0, 0.1) is 23.0 Å². The lowest BCUT2D eigenvalue weighted by Gasteiger charge is -2.32. The third kappa shape index (κ3) is 4.33. The van der Waals surface area contributed by atoms with E-state index < -0.39 is 11.6 Å². The highest BCUT2D eigenvalue weighted by Crippen LogP contribution is 2.59. The summed E-state index contributed by atoms with van der Waals surface area (Å²) in [5.41, 5.74) is 1.57. The third-order valence-electron chi connectivity index (χ3n) is 6.67. The van der Waals surface area contributed by atoms with Crippen LogP contribution in [0.3, 0.4) is 0 Å². The van der Waals surface area contributed by atoms with Gasteiger partial charge in [-0.2, -0.15) is 0 Å². The van der Waals surface area contributed by atoms with Gasteiger partial charge in [-0.25, -0.2) is 8.78 Å². The van der Waals surface area contributed by atoms with Crippen LogP contribution in [0.4, 0.5) is 8.78 Å². The van der Waals surface area contributed by atoms with Crippen molar-refractivity contribution in [3.63, 3.8) is 0 Å². The van der Waals surface area contributed by atoms with Crippen molar-refractivity contribution >= 4 is 5.91 Å². The summed E-state index contributed by atoms with van der Waals surface area (Å²) in [6.07, 6.45) is 3.52. The predicted molar refractivity (Wildman–Crippen MR) is 111 cm³/mol. The Morgan fingerprint density at radius 3 is 2.63 bits per heavy atom. The van der Waals surface area contributed by atoms with Crippen molar-refractivity contribution in [2.45, 2.75) is 32.2 Å². The average molecular weight is 414 g/mol. The molecule has 4 nitrogen and oxygen atoms in total. The first-order valence-electron chi connectivity index (χ1n) is 10.6. The van der Waals surface area contributed by atoms with Crippen LogP contribution in [-0.4, -0.2) is 37.6 Å². The molecule has 2 aromatic rings. The van der Waals surface area contributed by atoms with Crippen LogP contribution in [0.1, 0.15) is 30.4 Å². The first kappa shape index (κ1) is 20.8. The Balaban J connectivity index is 1.23. The molecule has 2 aromatic carbocycles. The predicted octanol–water partition coefficient (Wildman–Crippen LogP) is 3.93. The Kier molecular flexibility index (Phi) is 6.04. The summed E-state index contributed by atoms with van der Waals surface area (Å²) in [5, 5.41) is 3.08. The van der Waals surface area contributed by atoms with Gasteiger partial charge in [-0.15, -0.1) is 0 Å². The third-order valence-corrected chi connectivity index (χ3v) is 6.67. The minimum atomic E-state index is -0.798. The summed E-state index contributed by atoms with van der Waals surface area (Å²) in [5.74, 6) is -0.501. The van der Waals surface area contributed by atoms with E-state index in [4.69, 9.17) is 4.74 Å². The second-order valence-corrected chi connectivity index (χ2v) is 8.46. The van der Waals surface area contributed by atoms with E-state index in [1.54, 1.807) is 19.2 Å². The molecule has 1 heterocycles. The number of amides is 1. The van der Waals surface area contributed by atoms with Gasteiger partial charge in [-0.3, -0.25) is 9.69 Å². The highest BCUT2D eigenvalue weighted by atomic mass is 19.2. The Hall–Kier alpha value is -2.47. The number of nitrogens with one attached hydrogen (secondary N) is 1.